The number of para-hydroxylation sites is 1. The summed E-state index contributed by atoms with van der Waals surface area (Å²) >= 11 is 0. The SMILES string of the molecule is CN(CCOc1ccccc1)C(=O)c1ccc(OCc2cccnc2)cc1. The molecule has 0 radical (unpaired) electrons. The Hall–Kier alpha value is -3.34. The molecule has 0 N–H and O–H groups in total. The van der Waals surface area contributed by atoms with E-state index in [0.29, 0.717) is 31.1 Å². The summed E-state index contributed by atoms with van der Waals surface area (Å²) in [5.74, 6) is 1.46. The number of amides is 1. The summed E-state index contributed by atoms with van der Waals surface area (Å²) in [6.45, 7) is 1.39. The van der Waals surface area contributed by atoms with Gasteiger partial charge >= 0.3 is 0 Å². The highest BCUT2D eigenvalue weighted by atomic mass is 16.5. The highest BCUT2D eigenvalue weighted by Crippen LogP contribution is 2.15. The van der Waals surface area contributed by atoms with Crippen LogP contribution in [-0.2, 0) is 6.61 Å². The molecule has 0 bridgehead atoms. The van der Waals surface area contributed by atoms with Gasteiger partial charge in [-0.2, -0.15) is 0 Å². The fourth-order valence-corrected chi connectivity index (χ4v) is 2.48. The van der Waals surface area contributed by atoms with E-state index in [9.17, 15) is 4.79 Å². The zero-order valence-electron chi connectivity index (χ0n) is 15.2. The summed E-state index contributed by atoms with van der Waals surface area (Å²) in [6, 6.07) is 20.5. The Morgan fingerprint density at radius 3 is 2.37 bits per heavy atom. The molecular formula is C22H22N2O3. The summed E-state index contributed by atoms with van der Waals surface area (Å²) in [5, 5.41) is 0. The van der Waals surface area contributed by atoms with Crippen LogP contribution in [0.25, 0.3) is 0 Å². The maximum Gasteiger partial charge on any atom is 0.253 e. The molecule has 0 spiro atoms. The van der Waals surface area contributed by atoms with E-state index in [1.54, 1.807) is 48.6 Å². The van der Waals surface area contributed by atoms with Crippen LogP contribution in [0, 0.1) is 0 Å². The van der Waals surface area contributed by atoms with Crippen molar-refractivity contribution in [3.05, 3.63) is 90.3 Å². The molecule has 1 aromatic heterocycles. The number of ether oxygens (including phenoxy) is 2. The van der Waals surface area contributed by atoms with Crippen LogP contribution >= 0.6 is 0 Å². The van der Waals surface area contributed by atoms with Crippen molar-refractivity contribution in [2.24, 2.45) is 0 Å². The topological polar surface area (TPSA) is 51.7 Å². The lowest BCUT2D eigenvalue weighted by molar-refractivity contribution is 0.0773. The molecule has 0 fully saturated rings. The lowest BCUT2D eigenvalue weighted by atomic mass is 10.2. The number of nitrogens with zero attached hydrogens (tertiary/aromatic N) is 2. The minimum absolute atomic E-state index is 0.0505. The number of hydrogen-bond donors (Lipinski definition) is 0. The van der Waals surface area contributed by atoms with E-state index in [2.05, 4.69) is 4.98 Å². The fourth-order valence-electron chi connectivity index (χ4n) is 2.48. The average molecular weight is 362 g/mol. The van der Waals surface area contributed by atoms with Crippen LogP contribution in [0.1, 0.15) is 15.9 Å². The van der Waals surface area contributed by atoms with Gasteiger partial charge in [0.25, 0.3) is 5.91 Å². The molecule has 0 aliphatic heterocycles. The molecule has 3 rings (SSSR count). The van der Waals surface area contributed by atoms with Crippen LogP contribution in [-0.4, -0.2) is 36.0 Å². The first-order valence-electron chi connectivity index (χ1n) is 8.77. The molecule has 0 unspecified atom stereocenters. The maximum atomic E-state index is 12.5. The molecule has 5 nitrogen and oxygen atoms in total. The van der Waals surface area contributed by atoms with Crippen molar-refractivity contribution in [2.75, 3.05) is 20.2 Å². The maximum absolute atomic E-state index is 12.5. The minimum atomic E-state index is -0.0505. The molecule has 0 saturated carbocycles. The smallest absolute Gasteiger partial charge is 0.253 e. The molecule has 3 aromatic rings. The zero-order chi connectivity index (χ0) is 18.9. The van der Waals surface area contributed by atoms with Gasteiger partial charge in [0, 0.05) is 30.6 Å². The fraction of sp³-hybridized carbons (Fsp3) is 0.182. The van der Waals surface area contributed by atoms with Gasteiger partial charge in [-0.05, 0) is 42.5 Å². The molecule has 5 heteroatoms. The van der Waals surface area contributed by atoms with E-state index in [1.165, 1.54) is 0 Å². The predicted octanol–water partition coefficient (Wildman–Crippen LogP) is 3.81. The second-order valence-electron chi connectivity index (χ2n) is 6.06. The number of hydrogen-bond acceptors (Lipinski definition) is 4. The molecule has 0 saturated heterocycles. The van der Waals surface area contributed by atoms with Gasteiger partial charge in [0.15, 0.2) is 0 Å². The molecule has 1 heterocycles. The Morgan fingerprint density at radius 1 is 0.926 bits per heavy atom. The normalized spacial score (nSPS) is 10.3. The highest BCUT2D eigenvalue weighted by Gasteiger charge is 2.11. The average Bonchev–Trinajstić information content (AvgIpc) is 2.73. The van der Waals surface area contributed by atoms with Gasteiger partial charge in [0.1, 0.15) is 24.7 Å². The van der Waals surface area contributed by atoms with Crippen molar-refractivity contribution in [3.63, 3.8) is 0 Å². The van der Waals surface area contributed by atoms with Gasteiger partial charge < -0.3 is 14.4 Å². The van der Waals surface area contributed by atoms with Crippen molar-refractivity contribution in [1.29, 1.82) is 0 Å². The summed E-state index contributed by atoms with van der Waals surface area (Å²) < 4.78 is 11.4. The Labute approximate surface area is 159 Å². The second kappa shape index (κ2) is 9.38. The van der Waals surface area contributed by atoms with Crippen molar-refractivity contribution < 1.29 is 14.3 Å². The molecule has 1 amide bonds. The molecule has 0 aliphatic rings. The molecule has 0 aliphatic carbocycles. The molecule has 2 aromatic carbocycles. The van der Waals surface area contributed by atoms with Crippen LogP contribution in [0.4, 0.5) is 0 Å². The van der Waals surface area contributed by atoms with Gasteiger partial charge in [0.05, 0.1) is 6.54 Å². The van der Waals surface area contributed by atoms with Crippen LogP contribution in [0.15, 0.2) is 79.1 Å². The first-order valence-corrected chi connectivity index (χ1v) is 8.77. The Kier molecular flexibility index (Phi) is 6.41. The van der Waals surface area contributed by atoms with Gasteiger partial charge in [-0.15, -0.1) is 0 Å². The van der Waals surface area contributed by atoms with Gasteiger partial charge in [-0.25, -0.2) is 0 Å². The number of pyridine rings is 1. The standard InChI is InChI=1S/C22H22N2O3/c1-24(14-15-26-20-7-3-2-4-8-20)22(25)19-9-11-21(12-10-19)27-17-18-6-5-13-23-16-18/h2-13,16H,14-15,17H2,1H3. The van der Waals surface area contributed by atoms with E-state index >= 15 is 0 Å². The highest BCUT2D eigenvalue weighted by molar-refractivity contribution is 5.94. The third-order valence-corrected chi connectivity index (χ3v) is 4.01. The quantitative estimate of drug-likeness (QED) is 0.611. The first kappa shape index (κ1) is 18.5. The molecule has 138 valence electrons. The third kappa shape index (κ3) is 5.57. The third-order valence-electron chi connectivity index (χ3n) is 4.01. The molecule has 0 atom stereocenters. The molecule has 27 heavy (non-hydrogen) atoms. The van der Waals surface area contributed by atoms with E-state index in [0.717, 1.165) is 11.3 Å². The van der Waals surface area contributed by atoms with Crippen LogP contribution in [0.5, 0.6) is 11.5 Å². The van der Waals surface area contributed by atoms with Crippen molar-refractivity contribution >= 4 is 5.91 Å². The number of likely N-dealkylation sites (N-methyl/N-ethyl adjacent to an activating group) is 1. The van der Waals surface area contributed by atoms with Gasteiger partial charge in [-0.1, -0.05) is 24.3 Å². The van der Waals surface area contributed by atoms with Crippen molar-refractivity contribution in [2.45, 2.75) is 6.61 Å². The minimum Gasteiger partial charge on any atom is -0.492 e. The van der Waals surface area contributed by atoms with Gasteiger partial charge in [-0.3, -0.25) is 9.78 Å². The Balaban J connectivity index is 1.47. The van der Waals surface area contributed by atoms with E-state index in [-0.39, 0.29) is 5.91 Å². The lowest BCUT2D eigenvalue weighted by Crippen LogP contribution is -2.30. The van der Waals surface area contributed by atoms with Crippen LogP contribution in [0.3, 0.4) is 0 Å². The lowest BCUT2D eigenvalue weighted by Gasteiger charge is -2.18. The van der Waals surface area contributed by atoms with E-state index < -0.39 is 0 Å². The number of carbonyl (C=O) groups excluding carboxylic acids is 1. The molecular weight excluding hydrogens is 340 g/mol. The summed E-state index contributed by atoms with van der Waals surface area (Å²) in [4.78, 5) is 18.2. The summed E-state index contributed by atoms with van der Waals surface area (Å²) in [6.07, 6.45) is 3.50. The summed E-state index contributed by atoms with van der Waals surface area (Å²) in [5.41, 5.74) is 1.61. The zero-order valence-corrected chi connectivity index (χ0v) is 15.2. The largest absolute Gasteiger partial charge is 0.492 e. The number of aromatic nitrogens is 1. The second-order valence-corrected chi connectivity index (χ2v) is 6.06. The van der Waals surface area contributed by atoms with E-state index in [1.807, 2.05) is 42.5 Å². The predicted molar refractivity (Wildman–Crippen MR) is 104 cm³/mol. The van der Waals surface area contributed by atoms with E-state index in [4.69, 9.17) is 9.47 Å². The Bertz CT molecular complexity index is 836. The first-order chi connectivity index (χ1) is 13.2. The number of carbonyl (C=O) groups is 1. The van der Waals surface area contributed by atoms with Crippen LogP contribution in [0.2, 0.25) is 0 Å². The van der Waals surface area contributed by atoms with Gasteiger partial charge in [0.2, 0.25) is 0 Å². The van der Waals surface area contributed by atoms with Crippen molar-refractivity contribution in [1.82, 2.24) is 9.88 Å². The van der Waals surface area contributed by atoms with Crippen LogP contribution < -0.4 is 9.47 Å². The number of rotatable bonds is 8. The monoisotopic (exact) mass is 362 g/mol. The summed E-state index contributed by atoms with van der Waals surface area (Å²) in [7, 11) is 1.77. The Morgan fingerprint density at radius 2 is 1.67 bits per heavy atom. The number of benzene rings is 2. The van der Waals surface area contributed by atoms with Crippen molar-refractivity contribution in [3.8, 4) is 11.5 Å².